The highest BCUT2D eigenvalue weighted by Gasteiger charge is 2.26. The summed E-state index contributed by atoms with van der Waals surface area (Å²) in [6.07, 6.45) is 0. The standard InChI is InChI=1S/C11H10F2N4O3/c1-5(4-14)11-15-10(16-20-11)8-6(12)2-3-7(9(8)13)17(18)19/h2-3,5H,4,14H2,1H3. The van der Waals surface area contributed by atoms with Gasteiger partial charge in [0.1, 0.15) is 11.4 Å². The van der Waals surface area contributed by atoms with Crippen LogP contribution in [0.1, 0.15) is 18.7 Å². The molecule has 1 aromatic carbocycles. The van der Waals surface area contributed by atoms with Crippen LogP contribution in [-0.4, -0.2) is 21.6 Å². The second-order valence-corrected chi connectivity index (χ2v) is 4.11. The van der Waals surface area contributed by atoms with Crippen molar-refractivity contribution in [2.45, 2.75) is 12.8 Å². The van der Waals surface area contributed by atoms with E-state index in [1.807, 2.05) is 0 Å². The van der Waals surface area contributed by atoms with Gasteiger partial charge in [0.05, 0.1) is 4.92 Å². The molecule has 0 aliphatic heterocycles. The number of hydrogen-bond acceptors (Lipinski definition) is 6. The van der Waals surface area contributed by atoms with Gasteiger partial charge >= 0.3 is 5.69 Å². The lowest BCUT2D eigenvalue weighted by Crippen LogP contribution is -2.09. The Morgan fingerprint density at radius 2 is 2.20 bits per heavy atom. The fourth-order valence-corrected chi connectivity index (χ4v) is 1.53. The van der Waals surface area contributed by atoms with E-state index in [1.54, 1.807) is 6.92 Å². The van der Waals surface area contributed by atoms with Crippen molar-refractivity contribution in [2.75, 3.05) is 6.54 Å². The van der Waals surface area contributed by atoms with E-state index in [1.165, 1.54) is 0 Å². The first-order valence-electron chi connectivity index (χ1n) is 5.62. The highest BCUT2D eigenvalue weighted by atomic mass is 19.1. The molecule has 0 spiro atoms. The molecule has 0 aliphatic carbocycles. The minimum absolute atomic E-state index is 0.104. The van der Waals surface area contributed by atoms with Gasteiger partial charge in [-0.1, -0.05) is 12.1 Å². The summed E-state index contributed by atoms with van der Waals surface area (Å²) in [5.74, 6) is -2.93. The first-order chi connectivity index (χ1) is 9.45. The largest absolute Gasteiger partial charge is 0.339 e. The van der Waals surface area contributed by atoms with E-state index in [0.29, 0.717) is 0 Å². The van der Waals surface area contributed by atoms with Crippen molar-refractivity contribution in [3.8, 4) is 11.4 Å². The van der Waals surface area contributed by atoms with Crippen molar-refractivity contribution in [1.82, 2.24) is 10.1 Å². The van der Waals surface area contributed by atoms with Crippen LogP contribution in [0.3, 0.4) is 0 Å². The Morgan fingerprint density at radius 3 is 2.80 bits per heavy atom. The second-order valence-electron chi connectivity index (χ2n) is 4.11. The number of nitro benzene ring substituents is 1. The van der Waals surface area contributed by atoms with Gasteiger partial charge in [0.15, 0.2) is 0 Å². The van der Waals surface area contributed by atoms with Gasteiger partial charge in [0.25, 0.3) is 0 Å². The monoisotopic (exact) mass is 284 g/mol. The molecule has 106 valence electrons. The molecule has 0 bridgehead atoms. The zero-order chi connectivity index (χ0) is 14.9. The van der Waals surface area contributed by atoms with Gasteiger partial charge in [-0.15, -0.1) is 0 Å². The predicted octanol–water partition coefficient (Wildman–Crippen LogP) is 1.99. The van der Waals surface area contributed by atoms with Gasteiger partial charge < -0.3 is 10.3 Å². The summed E-state index contributed by atoms with van der Waals surface area (Å²) in [7, 11) is 0. The van der Waals surface area contributed by atoms with E-state index in [2.05, 4.69) is 10.1 Å². The molecule has 0 fully saturated rings. The van der Waals surface area contributed by atoms with E-state index in [4.69, 9.17) is 10.3 Å². The topological polar surface area (TPSA) is 108 Å². The molecule has 2 rings (SSSR count). The number of nitrogens with two attached hydrogens (primary N) is 1. The first-order valence-corrected chi connectivity index (χ1v) is 5.62. The fraction of sp³-hybridized carbons (Fsp3) is 0.273. The highest BCUT2D eigenvalue weighted by Crippen LogP contribution is 2.30. The van der Waals surface area contributed by atoms with Crippen molar-refractivity contribution in [3.63, 3.8) is 0 Å². The number of rotatable bonds is 4. The summed E-state index contributed by atoms with van der Waals surface area (Å²) in [6.45, 7) is 1.90. The normalized spacial score (nSPS) is 12.4. The average molecular weight is 284 g/mol. The summed E-state index contributed by atoms with van der Waals surface area (Å²) in [5, 5.41) is 14.1. The molecule has 1 heterocycles. The van der Waals surface area contributed by atoms with Gasteiger partial charge in [-0.25, -0.2) is 4.39 Å². The lowest BCUT2D eigenvalue weighted by molar-refractivity contribution is -0.387. The van der Waals surface area contributed by atoms with Crippen molar-refractivity contribution < 1.29 is 18.2 Å². The summed E-state index contributed by atoms with van der Waals surface area (Å²) in [4.78, 5) is 13.5. The van der Waals surface area contributed by atoms with E-state index >= 15 is 0 Å². The zero-order valence-electron chi connectivity index (χ0n) is 10.3. The molecular formula is C11H10F2N4O3. The van der Waals surface area contributed by atoms with Crippen LogP contribution in [0, 0.1) is 21.7 Å². The van der Waals surface area contributed by atoms with Crippen molar-refractivity contribution in [1.29, 1.82) is 0 Å². The van der Waals surface area contributed by atoms with Crippen LogP contribution in [0.5, 0.6) is 0 Å². The molecule has 0 radical (unpaired) electrons. The SMILES string of the molecule is CC(CN)c1nc(-c2c(F)ccc([N+](=O)[O-])c2F)no1. The van der Waals surface area contributed by atoms with Crippen LogP contribution < -0.4 is 5.73 Å². The third kappa shape index (κ3) is 2.35. The molecule has 2 N–H and O–H groups in total. The molecule has 7 nitrogen and oxygen atoms in total. The minimum Gasteiger partial charge on any atom is -0.339 e. The predicted molar refractivity (Wildman–Crippen MR) is 63.8 cm³/mol. The molecule has 0 aliphatic rings. The van der Waals surface area contributed by atoms with Gasteiger partial charge in [-0.2, -0.15) is 9.37 Å². The van der Waals surface area contributed by atoms with Gasteiger partial charge in [-0.05, 0) is 6.07 Å². The third-order valence-corrected chi connectivity index (χ3v) is 2.71. The lowest BCUT2D eigenvalue weighted by atomic mass is 10.1. The van der Waals surface area contributed by atoms with E-state index < -0.39 is 27.8 Å². The highest BCUT2D eigenvalue weighted by molar-refractivity contribution is 5.61. The molecule has 2 aromatic rings. The number of hydrogen-bond donors (Lipinski definition) is 1. The number of nitro groups is 1. The zero-order valence-corrected chi connectivity index (χ0v) is 10.3. The Balaban J connectivity index is 2.55. The van der Waals surface area contributed by atoms with Crippen LogP contribution >= 0.6 is 0 Å². The maximum atomic E-state index is 13.9. The molecule has 0 saturated heterocycles. The summed E-state index contributed by atoms with van der Waals surface area (Å²) in [6, 6.07) is 1.51. The minimum atomic E-state index is -1.34. The molecule has 1 aromatic heterocycles. The van der Waals surface area contributed by atoms with Crippen LogP contribution in [0.4, 0.5) is 14.5 Å². The average Bonchev–Trinajstić information content (AvgIpc) is 2.87. The number of halogens is 2. The quantitative estimate of drug-likeness (QED) is 0.679. The Hall–Kier alpha value is -2.42. The van der Waals surface area contributed by atoms with Crippen LogP contribution in [-0.2, 0) is 0 Å². The Kier molecular flexibility index (Phi) is 3.70. The molecular weight excluding hydrogens is 274 g/mol. The maximum absolute atomic E-state index is 13.9. The van der Waals surface area contributed by atoms with Crippen LogP contribution in [0.25, 0.3) is 11.4 Å². The summed E-state index contributed by atoms with van der Waals surface area (Å²) in [5.41, 5.74) is 3.85. The molecule has 0 amide bonds. The van der Waals surface area contributed by atoms with Gasteiger partial charge in [0.2, 0.25) is 17.5 Å². The molecule has 1 atom stereocenters. The van der Waals surface area contributed by atoms with E-state index in [-0.39, 0.29) is 24.2 Å². The summed E-state index contributed by atoms with van der Waals surface area (Å²) < 4.78 is 32.4. The molecule has 1 unspecified atom stereocenters. The van der Waals surface area contributed by atoms with Crippen molar-refractivity contribution in [3.05, 3.63) is 39.8 Å². The van der Waals surface area contributed by atoms with E-state index in [0.717, 1.165) is 12.1 Å². The van der Waals surface area contributed by atoms with Crippen molar-refractivity contribution in [2.24, 2.45) is 5.73 Å². The van der Waals surface area contributed by atoms with Gasteiger partial charge in [-0.3, -0.25) is 10.1 Å². The second kappa shape index (κ2) is 5.29. The van der Waals surface area contributed by atoms with Crippen LogP contribution in [0.15, 0.2) is 16.7 Å². The molecule has 0 saturated carbocycles. The molecule has 20 heavy (non-hydrogen) atoms. The van der Waals surface area contributed by atoms with Crippen LogP contribution in [0.2, 0.25) is 0 Å². The Morgan fingerprint density at radius 1 is 1.50 bits per heavy atom. The van der Waals surface area contributed by atoms with Gasteiger partial charge in [0, 0.05) is 18.5 Å². The number of benzene rings is 1. The third-order valence-electron chi connectivity index (χ3n) is 2.71. The lowest BCUT2D eigenvalue weighted by Gasteiger charge is -2.01. The fourth-order valence-electron chi connectivity index (χ4n) is 1.53. The Labute approximate surface area is 111 Å². The maximum Gasteiger partial charge on any atom is 0.305 e. The Bertz CT molecular complexity index is 659. The number of nitrogens with zero attached hydrogens (tertiary/aromatic N) is 3. The van der Waals surface area contributed by atoms with Crippen molar-refractivity contribution >= 4 is 5.69 Å². The smallest absolute Gasteiger partial charge is 0.305 e. The number of aromatic nitrogens is 2. The van der Waals surface area contributed by atoms with E-state index in [9.17, 15) is 18.9 Å². The summed E-state index contributed by atoms with van der Waals surface area (Å²) >= 11 is 0. The first kappa shape index (κ1) is 14.0. The molecule has 9 heteroatoms.